The highest BCUT2D eigenvalue weighted by molar-refractivity contribution is 5.77. The normalized spacial score (nSPS) is 9.44. The molecule has 0 aliphatic rings. The standard InChI is InChI=1S/C12H14N2O2/c1-2-7-14-12(15)9-16-8-10-3-5-11(13)6-4-10/h1,3-6H,7-9,13H2,(H,14,15). The lowest BCUT2D eigenvalue weighted by Gasteiger charge is -2.04. The number of benzene rings is 1. The molecule has 0 fully saturated rings. The third kappa shape index (κ3) is 4.49. The average Bonchev–Trinajstić information content (AvgIpc) is 2.29. The van der Waals surface area contributed by atoms with Crippen molar-refractivity contribution < 1.29 is 9.53 Å². The van der Waals surface area contributed by atoms with Crippen LogP contribution in [0.15, 0.2) is 24.3 Å². The monoisotopic (exact) mass is 218 g/mol. The first-order chi connectivity index (χ1) is 7.72. The zero-order valence-corrected chi connectivity index (χ0v) is 8.90. The van der Waals surface area contributed by atoms with E-state index in [1.165, 1.54) is 0 Å². The first-order valence-electron chi connectivity index (χ1n) is 4.84. The van der Waals surface area contributed by atoms with Crippen LogP contribution in [0.3, 0.4) is 0 Å². The van der Waals surface area contributed by atoms with E-state index in [9.17, 15) is 4.79 Å². The van der Waals surface area contributed by atoms with Crippen molar-refractivity contribution in [1.82, 2.24) is 5.32 Å². The summed E-state index contributed by atoms with van der Waals surface area (Å²) < 4.78 is 5.20. The molecule has 0 aromatic heterocycles. The van der Waals surface area contributed by atoms with E-state index in [0.717, 1.165) is 5.56 Å². The van der Waals surface area contributed by atoms with Gasteiger partial charge in [0.1, 0.15) is 6.61 Å². The Bertz CT molecular complexity index is 379. The van der Waals surface area contributed by atoms with Crippen LogP contribution in [0.5, 0.6) is 0 Å². The maximum absolute atomic E-state index is 11.1. The van der Waals surface area contributed by atoms with Gasteiger partial charge in [0.05, 0.1) is 13.2 Å². The fourth-order valence-corrected chi connectivity index (χ4v) is 1.08. The first-order valence-corrected chi connectivity index (χ1v) is 4.84. The summed E-state index contributed by atoms with van der Waals surface area (Å²) in [4.78, 5) is 11.1. The van der Waals surface area contributed by atoms with Crippen LogP contribution in [0.1, 0.15) is 5.56 Å². The second-order valence-electron chi connectivity index (χ2n) is 3.22. The topological polar surface area (TPSA) is 64.3 Å². The highest BCUT2D eigenvalue weighted by Gasteiger charge is 1.99. The summed E-state index contributed by atoms with van der Waals surface area (Å²) in [5.41, 5.74) is 7.21. The molecule has 4 heteroatoms. The lowest BCUT2D eigenvalue weighted by Crippen LogP contribution is -2.27. The number of carbonyl (C=O) groups excluding carboxylic acids is 1. The summed E-state index contributed by atoms with van der Waals surface area (Å²) in [6.07, 6.45) is 4.99. The van der Waals surface area contributed by atoms with Crippen LogP contribution in [0.2, 0.25) is 0 Å². The summed E-state index contributed by atoms with van der Waals surface area (Å²) >= 11 is 0. The van der Waals surface area contributed by atoms with Crippen molar-refractivity contribution in [1.29, 1.82) is 0 Å². The van der Waals surface area contributed by atoms with E-state index in [1.54, 1.807) is 12.1 Å². The number of hydrogen-bond donors (Lipinski definition) is 2. The van der Waals surface area contributed by atoms with Crippen molar-refractivity contribution in [3.05, 3.63) is 29.8 Å². The van der Waals surface area contributed by atoms with Gasteiger partial charge >= 0.3 is 0 Å². The molecule has 0 radical (unpaired) electrons. The quantitative estimate of drug-likeness (QED) is 0.560. The van der Waals surface area contributed by atoms with Crippen LogP contribution >= 0.6 is 0 Å². The smallest absolute Gasteiger partial charge is 0.246 e. The van der Waals surface area contributed by atoms with Gasteiger partial charge in [0.25, 0.3) is 0 Å². The lowest BCUT2D eigenvalue weighted by molar-refractivity contribution is -0.125. The molecule has 1 aromatic carbocycles. The van der Waals surface area contributed by atoms with Crippen LogP contribution in [0, 0.1) is 12.3 Å². The Morgan fingerprint density at radius 1 is 1.44 bits per heavy atom. The Labute approximate surface area is 94.8 Å². The predicted octanol–water partition coefficient (Wildman–Crippen LogP) is 0.535. The number of nitrogens with two attached hydrogens (primary N) is 1. The average molecular weight is 218 g/mol. The molecule has 0 aliphatic carbocycles. The van der Waals surface area contributed by atoms with Gasteiger partial charge in [-0.15, -0.1) is 6.42 Å². The summed E-state index contributed by atoms with van der Waals surface area (Å²) in [7, 11) is 0. The molecule has 0 aliphatic heterocycles. The Hall–Kier alpha value is -1.99. The molecular weight excluding hydrogens is 204 g/mol. The zero-order chi connectivity index (χ0) is 11.8. The number of rotatable bonds is 5. The lowest BCUT2D eigenvalue weighted by atomic mass is 10.2. The Balaban J connectivity index is 2.23. The van der Waals surface area contributed by atoms with Crippen molar-refractivity contribution in [2.75, 3.05) is 18.9 Å². The van der Waals surface area contributed by atoms with Crippen LogP contribution in [-0.2, 0) is 16.1 Å². The molecule has 1 rings (SSSR count). The number of terminal acetylenes is 1. The molecule has 0 heterocycles. The molecule has 1 aromatic rings. The maximum Gasteiger partial charge on any atom is 0.246 e. The van der Waals surface area contributed by atoms with Crippen molar-refractivity contribution in [3.63, 3.8) is 0 Å². The Morgan fingerprint density at radius 3 is 2.75 bits per heavy atom. The van der Waals surface area contributed by atoms with Gasteiger partial charge in [-0.25, -0.2) is 0 Å². The van der Waals surface area contributed by atoms with E-state index >= 15 is 0 Å². The van der Waals surface area contributed by atoms with Crippen molar-refractivity contribution >= 4 is 11.6 Å². The second-order valence-corrected chi connectivity index (χ2v) is 3.22. The number of ether oxygens (including phenoxy) is 1. The molecule has 0 saturated heterocycles. The van der Waals surface area contributed by atoms with Gasteiger partial charge in [0.2, 0.25) is 5.91 Å². The molecule has 0 spiro atoms. The van der Waals surface area contributed by atoms with Gasteiger partial charge in [-0.3, -0.25) is 4.79 Å². The first kappa shape index (κ1) is 12.1. The largest absolute Gasteiger partial charge is 0.399 e. The van der Waals surface area contributed by atoms with Gasteiger partial charge in [-0.1, -0.05) is 18.1 Å². The third-order valence-electron chi connectivity index (χ3n) is 1.87. The zero-order valence-electron chi connectivity index (χ0n) is 8.90. The number of nitrogen functional groups attached to an aromatic ring is 1. The van der Waals surface area contributed by atoms with Crippen molar-refractivity contribution in [2.24, 2.45) is 0 Å². The minimum Gasteiger partial charge on any atom is -0.399 e. The number of carbonyl (C=O) groups is 1. The van der Waals surface area contributed by atoms with E-state index < -0.39 is 0 Å². The van der Waals surface area contributed by atoms with E-state index in [4.69, 9.17) is 16.9 Å². The molecule has 16 heavy (non-hydrogen) atoms. The van der Waals surface area contributed by atoms with E-state index in [-0.39, 0.29) is 19.1 Å². The van der Waals surface area contributed by atoms with E-state index in [0.29, 0.717) is 12.3 Å². The summed E-state index contributed by atoms with van der Waals surface area (Å²) in [6, 6.07) is 7.29. The molecule has 1 amide bonds. The minimum atomic E-state index is -0.214. The number of amides is 1. The highest BCUT2D eigenvalue weighted by atomic mass is 16.5. The molecule has 0 saturated carbocycles. The predicted molar refractivity (Wildman–Crippen MR) is 62.4 cm³/mol. The summed E-state index contributed by atoms with van der Waals surface area (Å²) in [5, 5.41) is 2.51. The van der Waals surface area contributed by atoms with Gasteiger partial charge in [-0.05, 0) is 17.7 Å². The Morgan fingerprint density at radius 2 is 2.12 bits per heavy atom. The SMILES string of the molecule is C#CCNC(=O)COCc1ccc(N)cc1. The van der Waals surface area contributed by atoms with E-state index in [2.05, 4.69) is 11.2 Å². The molecule has 3 N–H and O–H groups in total. The van der Waals surface area contributed by atoms with Crippen LogP contribution in [-0.4, -0.2) is 19.1 Å². The molecule has 0 atom stereocenters. The summed E-state index contributed by atoms with van der Waals surface area (Å²) in [6.45, 7) is 0.611. The maximum atomic E-state index is 11.1. The van der Waals surface area contributed by atoms with Crippen LogP contribution in [0.4, 0.5) is 5.69 Å². The number of nitrogens with one attached hydrogen (secondary N) is 1. The van der Waals surface area contributed by atoms with Gasteiger partial charge in [0, 0.05) is 5.69 Å². The van der Waals surface area contributed by atoms with Gasteiger partial charge in [0.15, 0.2) is 0 Å². The Kier molecular flexibility index (Phi) is 4.90. The van der Waals surface area contributed by atoms with Gasteiger partial charge in [-0.2, -0.15) is 0 Å². The molecule has 84 valence electrons. The van der Waals surface area contributed by atoms with Gasteiger partial charge < -0.3 is 15.8 Å². The molecule has 4 nitrogen and oxygen atoms in total. The van der Waals surface area contributed by atoms with Crippen LogP contribution < -0.4 is 11.1 Å². The molecule has 0 bridgehead atoms. The number of hydrogen-bond acceptors (Lipinski definition) is 3. The highest BCUT2D eigenvalue weighted by Crippen LogP contribution is 2.06. The van der Waals surface area contributed by atoms with Crippen LogP contribution in [0.25, 0.3) is 0 Å². The van der Waals surface area contributed by atoms with Crippen molar-refractivity contribution in [2.45, 2.75) is 6.61 Å². The second kappa shape index (κ2) is 6.49. The fraction of sp³-hybridized carbons (Fsp3) is 0.250. The minimum absolute atomic E-state index is 0.00601. The van der Waals surface area contributed by atoms with Crippen molar-refractivity contribution in [3.8, 4) is 12.3 Å². The number of anilines is 1. The third-order valence-corrected chi connectivity index (χ3v) is 1.87. The molecular formula is C12H14N2O2. The van der Waals surface area contributed by atoms with E-state index in [1.807, 2.05) is 12.1 Å². The fourth-order valence-electron chi connectivity index (χ4n) is 1.08. The molecule has 0 unspecified atom stereocenters. The summed E-state index contributed by atoms with van der Waals surface area (Å²) in [5.74, 6) is 2.10.